The molecule has 5 heteroatoms. The van der Waals surface area contributed by atoms with Gasteiger partial charge < -0.3 is 0 Å². The van der Waals surface area contributed by atoms with Crippen LogP contribution >= 0.6 is 23.2 Å². The SMILES string of the molecule is Clc1ccc(CN2CCc3nc(C4CCCCC4)ncc3C2)cc1Cl. The van der Waals surface area contributed by atoms with Crippen molar-refractivity contribution in [2.45, 2.75) is 57.5 Å². The van der Waals surface area contributed by atoms with E-state index >= 15 is 0 Å². The van der Waals surface area contributed by atoms with Gasteiger partial charge in [-0.2, -0.15) is 0 Å². The van der Waals surface area contributed by atoms with Gasteiger partial charge in [0.15, 0.2) is 0 Å². The maximum Gasteiger partial charge on any atom is 0.131 e. The van der Waals surface area contributed by atoms with Crippen molar-refractivity contribution in [3.05, 3.63) is 57.1 Å². The lowest BCUT2D eigenvalue weighted by Gasteiger charge is -2.29. The van der Waals surface area contributed by atoms with Gasteiger partial charge in [-0.3, -0.25) is 4.90 Å². The molecule has 0 atom stereocenters. The zero-order valence-corrected chi connectivity index (χ0v) is 15.9. The van der Waals surface area contributed by atoms with Crippen molar-refractivity contribution < 1.29 is 0 Å². The lowest BCUT2D eigenvalue weighted by molar-refractivity contribution is 0.242. The van der Waals surface area contributed by atoms with E-state index in [0.717, 1.165) is 31.9 Å². The highest BCUT2D eigenvalue weighted by Gasteiger charge is 2.22. The molecule has 1 aliphatic heterocycles. The molecule has 3 nitrogen and oxygen atoms in total. The first-order valence-corrected chi connectivity index (χ1v) is 9.95. The zero-order valence-electron chi connectivity index (χ0n) is 14.3. The van der Waals surface area contributed by atoms with Gasteiger partial charge in [0.2, 0.25) is 0 Å². The highest BCUT2D eigenvalue weighted by atomic mass is 35.5. The van der Waals surface area contributed by atoms with Crippen LogP contribution in [0.15, 0.2) is 24.4 Å². The fraction of sp³-hybridized carbons (Fsp3) is 0.500. The second-order valence-corrected chi connectivity index (χ2v) is 8.06. The first kappa shape index (κ1) is 17.3. The summed E-state index contributed by atoms with van der Waals surface area (Å²) in [5.74, 6) is 1.66. The Morgan fingerprint density at radius 3 is 2.72 bits per heavy atom. The van der Waals surface area contributed by atoms with E-state index in [1.54, 1.807) is 0 Å². The molecule has 1 aromatic heterocycles. The van der Waals surface area contributed by atoms with Crippen LogP contribution in [0.25, 0.3) is 0 Å². The van der Waals surface area contributed by atoms with Crippen molar-refractivity contribution in [3.63, 3.8) is 0 Å². The van der Waals surface area contributed by atoms with E-state index in [1.807, 2.05) is 18.2 Å². The van der Waals surface area contributed by atoms with E-state index in [4.69, 9.17) is 33.2 Å². The second kappa shape index (κ2) is 7.61. The minimum absolute atomic E-state index is 0.577. The van der Waals surface area contributed by atoms with Crippen molar-refractivity contribution in [2.24, 2.45) is 0 Å². The summed E-state index contributed by atoms with van der Waals surface area (Å²) >= 11 is 12.1. The van der Waals surface area contributed by atoms with Crippen LogP contribution in [0.1, 0.15) is 60.7 Å². The molecule has 1 saturated carbocycles. The Labute approximate surface area is 159 Å². The lowest BCUT2D eigenvalue weighted by atomic mass is 9.88. The third-order valence-corrected chi connectivity index (χ3v) is 6.13. The summed E-state index contributed by atoms with van der Waals surface area (Å²) in [6.07, 6.45) is 9.58. The number of rotatable bonds is 3. The summed E-state index contributed by atoms with van der Waals surface area (Å²) < 4.78 is 0. The van der Waals surface area contributed by atoms with Gasteiger partial charge in [0.25, 0.3) is 0 Å². The average Bonchev–Trinajstić information content (AvgIpc) is 2.65. The summed E-state index contributed by atoms with van der Waals surface area (Å²) in [4.78, 5) is 12.1. The van der Waals surface area contributed by atoms with Gasteiger partial charge >= 0.3 is 0 Å². The summed E-state index contributed by atoms with van der Waals surface area (Å²) in [7, 11) is 0. The third-order valence-electron chi connectivity index (χ3n) is 5.39. The van der Waals surface area contributed by atoms with Crippen LogP contribution < -0.4 is 0 Å². The Kier molecular flexibility index (Phi) is 5.25. The van der Waals surface area contributed by atoms with Crippen molar-refractivity contribution >= 4 is 23.2 Å². The number of benzene rings is 1. The molecule has 1 aliphatic carbocycles. The van der Waals surface area contributed by atoms with Crippen LogP contribution in [0.3, 0.4) is 0 Å². The van der Waals surface area contributed by atoms with E-state index in [-0.39, 0.29) is 0 Å². The van der Waals surface area contributed by atoms with Crippen LogP contribution in [0, 0.1) is 0 Å². The van der Waals surface area contributed by atoms with E-state index in [0.29, 0.717) is 16.0 Å². The van der Waals surface area contributed by atoms with Crippen molar-refractivity contribution in [3.8, 4) is 0 Å². The monoisotopic (exact) mass is 375 g/mol. The summed E-state index contributed by atoms with van der Waals surface area (Å²) in [5.41, 5.74) is 3.71. The molecule has 2 aromatic rings. The molecular formula is C20H23Cl2N3. The predicted octanol–water partition coefficient (Wildman–Crippen LogP) is 5.39. The van der Waals surface area contributed by atoms with E-state index in [1.165, 1.54) is 48.9 Å². The molecule has 0 spiro atoms. The number of fused-ring (bicyclic) bond motifs is 1. The van der Waals surface area contributed by atoms with Crippen LogP contribution in [-0.4, -0.2) is 21.4 Å². The third kappa shape index (κ3) is 3.99. The Bertz CT molecular complexity index is 757. The molecule has 2 heterocycles. The van der Waals surface area contributed by atoms with Gasteiger partial charge in [-0.1, -0.05) is 48.5 Å². The van der Waals surface area contributed by atoms with E-state index in [9.17, 15) is 0 Å². The van der Waals surface area contributed by atoms with Crippen LogP contribution in [0.5, 0.6) is 0 Å². The summed E-state index contributed by atoms with van der Waals surface area (Å²) in [6, 6.07) is 5.88. The summed E-state index contributed by atoms with van der Waals surface area (Å²) in [6.45, 7) is 2.80. The average molecular weight is 376 g/mol. The standard InChI is InChI=1S/C20H23Cl2N3/c21-17-7-6-14(10-18(17)22)12-25-9-8-19-16(13-25)11-23-20(24-19)15-4-2-1-3-5-15/h6-7,10-11,15H,1-5,8-9,12-13H2. The molecule has 0 radical (unpaired) electrons. The topological polar surface area (TPSA) is 29.0 Å². The molecule has 25 heavy (non-hydrogen) atoms. The van der Waals surface area contributed by atoms with Crippen molar-refractivity contribution in [2.75, 3.05) is 6.54 Å². The molecule has 1 aromatic carbocycles. The molecule has 0 unspecified atom stereocenters. The molecular weight excluding hydrogens is 353 g/mol. The Morgan fingerprint density at radius 2 is 1.92 bits per heavy atom. The normalized spacial score (nSPS) is 19.0. The number of hydrogen-bond acceptors (Lipinski definition) is 3. The first-order chi connectivity index (χ1) is 12.2. The number of halogens is 2. The smallest absolute Gasteiger partial charge is 0.131 e. The Morgan fingerprint density at radius 1 is 1.08 bits per heavy atom. The lowest BCUT2D eigenvalue weighted by Crippen LogP contribution is -2.31. The molecule has 0 N–H and O–H groups in total. The highest BCUT2D eigenvalue weighted by Crippen LogP contribution is 2.31. The quantitative estimate of drug-likeness (QED) is 0.719. The second-order valence-electron chi connectivity index (χ2n) is 7.24. The maximum absolute atomic E-state index is 6.13. The Balaban J connectivity index is 1.45. The number of hydrogen-bond donors (Lipinski definition) is 0. The molecule has 2 aliphatic rings. The maximum atomic E-state index is 6.13. The van der Waals surface area contributed by atoms with Gasteiger partial charge in [0, 0.05) is 49.4 Å². The van der Waals surface area contributed by atoms with E-state index < -0.39 is 0 Å². The Hall–Kier alpha value is -1.16. The number of nitrogens with zero attached hydrogens (tertiary/aromatic N) is 3. The zero-order chi connectivity index (χ0) is 17.2. The van der Waals surface area contributed by atoms with Gasteiger partial charge in [-0.25, -0.2) is 9.97 Å². The van der Waals surface area contributed by atoms with Crippen molar-refractivity contribution in [1.29, 1.82) is 0 Å². The molecule has 1 fully saturated rings. The predicted molar refractivity (Wildman–Crippen MR) is 102 cm³/mol. The first-order valence-electron chi connectivity index (χ1n) is 9.20. The fourth-order valence-corrected chi connectivity index (χ4v) is 4.30. The van der Waals surface area contributed by atoms with Gasteiger partial charge in [0.1, 0.15) is 5.82 Å². The summed E-state index contributed by atoms with van der Waals surface area (Å²) in [5, 5.41) is 1.23. The van der Waals surface area contributed by atoms with Gasteiger partial charge in [0.05, 0.1) is 10.0 Å². The molecule has 4 rings (SSSR count). The van der Waals surface area contributed by atoms with Gasteiger partial charge in [-0.15, -0.1) is 0 Å². The van der Waals surface area contributed by atoms with Crippen LogP contribution in [-0.2, 0) is 19.5 Å². The molecule has 0 bridgehead atoms. The van der Waals surface area contributed by atoms with Crippen LogP contribution in [0.4, 0.5) is 0 Å². The fourth-order valence-electron chi connectivity index (χ4n) is 3.98. The van der Waals surface area contributed by atoms with Gasteiger partial charge in [-0.05, 0) is 30.5 Å². The molecule has 132 valence electrons. The van der Waals surface area contributed by atoms with Crippen molar-refractivity contribution in [1.82, 2.24) is 14.9 Å². The minimum atomic E-state index is 0.577. The van der Waals surface area contributed by atoms with E-state index in [2.05, 4.69) is 11.1 Å². The number of aromatic nitrogens is 2. The highest BCUT2D eigenvalue weighted by molar-refractivity contribution is 6.42. The molecule has 0 amide bonds. The molecule has 0 saturated heterocycles. The van der Waals surface area contributed by atoms with Crippen LogP contribution in [0.2, 0.25) is 10.0 Å². The minimum Gasteiger partial charge on any atom is -0.294 e. The largest absolute Gasteiger partial charge is 0.294 e.